The molecule has 0 aromatic carbocycles. The quantitative estimate of drug-likeness (QED) is 0.801. The Labute approximate surface area is 104 Å². The lowest BCUT2D eigenvalue weighted by atomic mass is 10.0. The molecule has 2 unspecified atom stereocenters. The van der Waals surface area contributed by atoms with Gasteiger partial charge in [0.2, 0.25) is 5.91 Å². The van der Waals surface area contributed by atoms with Crippen molar-refractivity contribution < 1.29 is 9.53 Å². The van der Waals surface area contributed by atoms with E-state index in [0.29, 0.717) is 24.5 Å². The fraction of sp³-hybridized carbons (Fsp3) is 0.923. The number of rotatable bonds is 4. The van der Waals surface area contributed by atoms with Crippen LogP contribution in [0.1, 0.15) is 38.5 Å². The topological polar surface area (TPSA) is 41.6 Å². The smallest absolute Gasteiger partial charge is 0.222 e. The second-order valence-corrected chi connectivity index (χ2v) is 5.14. The number of piperidine rings is 1. The van der Waals surface area contributed by atoms with E-state index in [1.165, 1.54) is 6.42 Å². The minimum Gasteiger partial charge on any atom is -0.378 e. The first-order valence-electron chi connectivity index (χ1n) is 6.86. The first-order valence-corrected chi connectivity index (χ1v) is 6.86. The van der Waals surface area contributed by atoms with E-state index in [1.807, 2.05) is 11.9 Å². The van der Waals surface area contributed by atoms with Crippen molar-refractivity contribution in [3.8, 4) is 0 Å². The number of hydrogen-bond donors (Lipinski definition) is 1. The van der Waals surface area contributed by atoms with Gasteiger partial charge in [-0.2, -0.15) is 0 Å². The Kier molecular flexibility index (Phi) is 4.80. The summed E-state index contributed by atoms with van der Waals surface area (Å²) >= 11 is 0. The third-order valence-corrected chi connectivity index (χ3v) is 3.89. The Morgan fingerprint density at radius 1 is 1.41 bits per heavy atom. The van der Waals surface area contributed by atoms with E-state index in [4.69, 9.17) is 4.74 Å². The number of carbonyl (C=O) groups is 1. The standard InChI is InChI=1S/C13H24N2O2/c1-14-11-4-2-8-15(10-11)13(16)7-6-12-5-3-9-17-12/h11-12,14H,2-10H2,1H3. The summed E-state index contributed by atoms with van der Waals surface area (Å²) in [5, 5.41) is 3.27. The van der Waals surface area contributed by atoms with Crippen LogP contribution >= 0.6 is 0 Å². The van der Waals surface area contributed by atoms with Gasteiger partial charge in [-0.25, -0.2) is 0 Å². The Morgan fingerprint density at radius 2 is 2.29 bits per heavy atom. The molecule has 0 aromatic rings. The molecule has 4 nitrogen and oxygen atoms in total. The Balaban J connectivity index is 1.71. The minimum absolute atomic E-state index is 0.306. The molecule has 2 aliphatic rings. The van der Waals surface area contributed by atoms with Crippen molar-refractivity contribution in [3.63, 3.8) is 0 Å². The maximum atomic E-state index is 12.1. The lowest BCUT2D eigenvalue weighted by molar-refractivity contribution is -0.133. The monoisotopic (exact) mass is 240 g/mol. The number of amides is 1. The maximum absolute atomic E-state index is 12.1. The highest BCUT2D eigenvalue weighted by atomic mass is 16.5. The van der Waals surface area contributed by atoms with Crippen LogP contribution in [-0.4, -0.2) is 49.7 Å². The molecule has 0 spiro atoms. The Hall–Kier alpha value is -0.610. The number of likely N-dealkylation sites (N-methyl/N-ethyl adjacent to an activating group) is 1. The van der Waals surface area contributed by atoms with Crippen molar-refractivity contribution in [2.24, 2.45) is 0 Å². The van der Waals surface area contributed by atoms with E-state index in [1.54, 1.807) is 0 Å². The van der Waals surface area contributed by atoms with Gasteiger partial charge in [0.05, 0.1) is 6.10 Å². The summed E-state index contributed by atoms with van der Waals surface area (Å²) in [4.78, 5) is 14.1. The largest absolute Gasteiger partial charge is 0.378 e. The molecule has 2 heterocycles. The Bertz CT molecular complexity index is 252. The van der Waals surface area contributed by atoms with E-state index in [9.17, 15) is 4.79 Å². The van der Waals surface area contributed by atoms with Crippen LogP contribution in [0.3, 0.4) is 0 Å². The summed E-state index contributed by atoms with van der Waals surface area (Å²) in [6.45, 7) is 2.69. The lowest BCUT2D eigenvalue weighted by Crippen LogP contribution is -2.47. The number of carbonyl (C=O) groups excluding carboxylic acids is 1. The summed E-state index contributed by atoms with van der Waals surface area (Å²) in [6, 6.07) is 0.482. The van der Waals surface area contributed by atoms with Crippen LogP contribution in [0, 0.1) is 0 Å². The van der Waals surface area contributed by atoms with Crippen molar-refractivity contribution >= 4 is 5.91 Å². The molecule has 0 bridgehead atoms. The zero-order valence-electron chi connectivity index (χ0n) is 10.8. The molecule has 0 saturated carbocycles. The van der Waals surface area contributed by atoms with Crippen LogP contribution in [-0.2, 0) is 9.53 Å². The van der Waals surface area contributed by atoms with Crippen LogP contribution in [0.4, 0.5) is 0 Å². The fourth-order valence-electron chi connectivity index (χ4n) is 2.75. The number of likely N-dealkylation sites (tertiary alicyclic amines) is 1. The van der Waals surface area contributed by atoms with E-state index in [2.05, 4.69) is 5.32 Å². The molecule has 1 amide bonds. The van der Waals surface area contributed by atoms with E-state index in [-0.39, 0.29) is 0 Å². The van der Waals surface area contributed by atoms with Gasteiger partial charge in [0.1, 0.15) is 0 Å². The molecule has 1 N–H and O–H groups in total. The van der Waals surface area contributed by atoms with Crippen molar-refractivity contribution in [3.05, 3.63) is 0 Å². The van der Waals surface area contributed by atoms with Gasteiger partial charge in [0.15, 0.2) is 0 Å². The number of ether oxygens (including phenoxy) is 1. The van der Waals surface area contributed by atoms with Crippen molar-refractivity contribution in [2.45, 2.75) is 50.7 Å². The molecule has 17 heavy (non-hydrogen) atoms. The first kappa shape index (κ1) is 12.8. The zero-order valence-corrected chi connectivity index (χ0v) is 10.8. The molecule has 2 fully saturated rings. The number of hydrogen-bond acceptors (Lipinski definition) is 3. The molecule has 0 aliphatic carbocycles. The van der Waals surface area contributed by atoms with Crippen molar-refractivity contribution in [2.75, 3.05) is 26.7 Å². The highest BCUT2D eigenvalue weighted by Crippen LogP contribution is 2.18. The van der Waals surface area contributed by atoms with Gasteiger partial charge in [0, 0.05) is 32.2 Å². The van der Waals surface area contributed by atoms with E-state index in [0.717, 1.165) is 45.4 Å². The highest BCUT2D eigenvalue weighted by molar-refractivity contribution is 5.76. The van der Waals surface area contributed by atoms with Crippen molar-refractivity contribution in [1.29, 1.82) is 0 Å². The molecular formula is C13H24N2O2. The van der Waals surface area contributed by atoms with Crippen molar-refractivity contribution in [1.82, 2.24) is 10.2 Å². The van der Waals surface area contributed by atoms with Gasteiger partial charge in [-0.15, -0.1) is 0 Å². The average molecular weight is 240 g/mol. The highest BCUT2D eigenvalue weighted by Gasteiger charge is 2.23. The molecule has 2 saturated heterocycles. The first-order chi connectivity index (χ1) is 8.29. The maximum Gasteiger partial charge on any atom is 0.222 e. The van der Waals surface area contributed by atoms with E-state index < -0.39 is 0 Å². The second kappa shape index (κ2) is 6.36. The van der Waals surface area contributed by atoms with Gasteiger partial charge in [-0.3, -0.25) is 4.79 Å². The van der Waals surface area contributed by atoms with Gasteiger partial charge < -0.3 is 15.0 Å². The van der Waals surface area contributed by atoms with Crippen LogP contribution in [0.2, 0.25) is 0 Å². The predicted molar refractivity (Wildman–Crippen MR) is 66.9 cm³/mol. The molecule has 2 atom stereocenters. The van der Waals surface area contributed by atoms with Gasteiger partial charge >= 0.3 is 0 Å². The van der Waals surface area contributed by atoms with E-state index >= 15 is 0 Å². The molecular weight excluding hydrogens is 216 g/mol. The normalized spacial score (nSPS) is 29.6. The number of nitrogens with zero attached hydrogens (tertiary/aromatic N) is 1. The number of nitrogens with one attached hydrogen (secondary N) is 1. The van der Waals surface area contributed by atoms with Gasteiger partial charge in [-0.05, 0) is 39.2 Å². The minimum atomic E-state index is 0.306. The predicted octanol–water partition coefficient (Wildman–Crippen LogP) is 1.16. The second-order valence-electron chi connectivity index (χ2n) is 5.14. The van der Waals surface area contributed by atoms with Crippen LogP contribution < -0.4 is 5.32 Å². The lowest BCUT2D eigenvalue weighted by Gasteiger charge is -2.32. The van der Waals surface area contributed by atoms with Crippen LogP contribution in [0.15, 0.2) is 0 Å². The third-order valence-electron chi connectivity index (χ3n) is 3.89. The summed E-state index contributed by atoms with van der Waals surface area (Å²) in [7, 11) is 1.98. The van der Waals surface area contributed by atoms with Gasteiger partial charge in [0.25, 0.3) is 0 Å². The summed E-state index contributed by atoms with van der Waals surface area (Å²) in [5.74, 6) is 0.306. The Morgan fingerprint density at radius 3 is 3.00 bits per heavy atom. The molecule has 0 radical (unpaired) electrons. The summed E-state index contributed by atoms with van der Waals surface area (Å²) in [5.41, 5.74) is 0. The molecule has 4 heteroatoms. The average Bonchev–Trinajstić information content (AvgIpc) is 2.89. The third kappa shape index (κ3) is 3.68. The fourth-order valence-corrected chi connectivity index (χ4v) is 2.75. The molecule has 98 valence electrons. The van der Waals surface area contributed by atoms with Gasteiger partial charge in [-0.1, -0.05) is 0 Å². The van der Waals surface area contributed by atoms with Crippen LogP contribution in [0.5, 0.6) is 0 Å². The summed E-state index contributed by atoms with van der Waals surface area (Å²) in [6.07, 6.45) is 6.49. The molecule has 0 aromatic heterocycles. The SMILES string of the molecule is CNC1CCCN(C(=O)CCC2CCCO2)C1. The molecule has 2 aliphatic heterocycles. The van der Waals surface area contributed by atoms with Crippen LogP contribution in [0.25, 0.3) is 0 Å². The molecule has 2 rings (SSSR count). The zero-order chi connectivity index (χ0) is 12.1. The summed E-state index contributed by atoms with van der Waals surface area (Å²) < 4.78 is 5.55.